The van der Waals surface area contributed by atoms with Crippen LogP contribution in [0.2, 0.25) is 0 Å². The van der Waals surface area contributed by atoms with E-state index in [1.54, 1.807) is 6.07 Å². The maximum atomic E-state index is 12.0. The van der Waals surface area contributed by atoms with E-state index >= 15 is 0 Å². The molecule has 0 saturated carbocycles. The number of aliphatic carboxylic acids is 1. The molecule has 1 rings (SSSR count). The number of methoxy groups -OCH3 is 1. The summed E-state index contributed by atoms with van der Waals surface area (Å²) in [6.45, 7) is 1.19. The first kappa shape index (κ1) is 15.4. The Balaban J connectivity index is 3.06. The van der Waals surface area contributed by atoms with E-state index in [1.807, 2.05) is 4.72 Å². The van der Waals surface area contributed by atoms with Gasteiger partial charge in [0, 0.05) is 6.07 Å². The van der Waals surface area contributed by atoms with Crippen LogP contribution in [0.15, 0.2) is 29.2 Å². The SMILES string of the molecule is COc1cccc(S(=O)(=O)NC(C(=O)O)C(C)O)c1. The molecule has 0 radical (unpaired) electrons. The summed E-state index contributed by atoms with van der Waals surface area (Å²) < 4.78 is 30.8. The number of aliphatic hydroxyl groups is 1. The number of carbonyl (C=O) groups is 1. The van der Waals surface area contributed by atoms with Gasteiger partial charge in [0.15, 0.2) is 0 Å². The number of sulfonamides is 1. The van der Waals surface area contributed by atoms with Gasteiger partial charge in [-0.15, -0.1) is 0 Å². The molecular weight excluding hydrogens is 274 g/mol. The summed E-state index contributed by atoms with van der Waals surface area (Å²) in [5, 5.41) is 18.1. The van der Waals surface area contributed by atoms with Gasteiger partial charge in [0.05, 0.1) is 18.1 Å². The molecule has 7 nitrogen and oxygen atoms in total. The molecule has 0 heterocycles. The smallest absolute Gasteiger partial charge is 0.324 e. The van der Waals surface area contributed by atoms with Crippen molar-refractivity contribution < 1.29 is 28.2 Å². The first-order valence-electron chi connectivity index (χ1n) is 5.35. The van der Waals surface area contributed by atoms with Gasteiger partial charge in [-0.05, 0) is 19.1 Å². The van der Waals surface area contributed by atoms with Crippen LogP contribution in [0.1, 0.15) is 6.92 Å². The van der Waals surface area contributed by atoms with Crippen molar-refractivity contribution in [3.05, 3.63) is 24.3 Å². The van der Waals surface area contributed by atoms with Crippen molar-refractivity contribution >= 4 is 16.0 Å². The van der Waals surface area contributed by atoms with Gasteiger partial charge in [-0.1, -0.05) is 6.07 Å². The summed E-state index contributed by atoms with van der Waals surface area (Å²) >= 11 is 0. The number of carboxylic acids is 1. The standard InChI is InChI=1S/C11H15NO6S/c1-7(13)10(11(14)15)12-19(16,17)9-5-3-4-8(6-9)18-2/h3-7,10,12-13H,1-2H3,(H,14,15). The number of aliphatic hydroxyl groups excluding tert-OH is 1. The molecule has 0 bridgehead atoms. The van der Waals surface area contributed by atoms with Crippen molar-refractivity contribution in [1.82, 2.24) is 4.72 Å². The van der Waals surface area contributed by atoms with Gasteiger partial charge in [-0.25, -0.2) is 8.42 Å². The molecule has 0 saturated heterocycles. The number of carboxylic acid groups (broad SMARTS) is 1. The van der Waals surface area contributed by atoms with Crippen LogP contribution in [0.25, 0.3) is 0 Å². The second-order valence-corrected chi connectivity index (χ2v) is 5.57. The molecule has 1 aromatic carbocycles. The number of rotatable bonds is 6. The molecule has 0 aliphatic heterocycles. The minimum absolute atomic E-state index is 0.140. The molecule has 0 fully saturated rings. The van der Waals surface area contributed by atoms with Crippen LogP contribution in [0, 0.1) is 0 Å². The molecule has 3 N–H and O–H groups in total. The van der Waals surface area contributed by atoms with Crippen molar-refractivity contribution in [1.29, 1.82) is 0 Å². The van der Waals surface area contributed by atoms with Gasteiger partial charge in [-0.3, -0.25) is 4.79 Å². The third-order valence-corrected chi connectivity index (χ3v) is 3.82. The Bertz CT molecular complexity index is 554. The van der Waals surface area contributed by atoms with E-state index in [0.29, 0.717) is 5.75 Å². The van der Waals surface area contributed by atoms with Crippen LogP contribution in [-0.2, 0) is 14.8 Å². The van der Waals surface area contributed by atoms with Crippen molar-refractivity contribution in [2.24, 2.45) is 0 Å². The van der Waals surface area contributed by atoms with E-state index in [1.165, 1.54) is 32.2 Å². The lowest BCUT2D eigenvalue weighted by molar-refractivity contribution is -0.141. The molecule has 0 aliphatic carbocycles. The maximum absolute atomic E-state index is 12.0. The lowest BCUT2D eigenvalue weighted by Gasteiger charge is -2.17. The van der Waals surface area contributed by atoms with Crippen molar-refractivity contribution in [2.45, 2.75) is 24.0 Å². The van der Waals surface area contributed by atoms with Gasteiger partial charge in [0.25, 0.3) is 0 Å². The monoisotopic (exact) mass is 289 g/mol. The Hall–Kier alpha value is -1.64. The van der Waals surface area contributed by atoms with Crippen LogP contribution >= 0.6 is 0 Å². The molecule has 2 atom stereocenters. The fourth-order valence-corrected chi connectivity index (χ4v) is 2.66. The predicted molar refractivity (Wildman–Crippen MR) is 66.4 cm³/mol. The summed E-state index contributed by atoms with van der Waals surface area (Å²) in [5.41, 5.74) is 0. The minimum Gasteiger partial charge on any atom is -0.497 e. The molecular formula is C11H15NO6S. The summed E-state index contributed by atoms with van der Waals surface area (Å²) in [6, 6.07) is 3.96. The Morgan fingerprint density at radius 3 is 2.53 bits per heavy atom. The van der Waals surface area contributed by atoms with Gasteiger partial charge in [0.2, 0.25) is 10.0 Å². The van der Waals surface area contributed by atoms with Gasteiger partial charge >= 0.3 is 5.97 Å². The largest absolute Gasteiger partial charge is 0.497 e. The highest BCUT2D eigenvalue weighted by atomic mass is 32.2. The third-order valence-electron chi connectivity index (χ3n) is 2.38. The number of ether oxygens (including phenoxy) is 1. The van der Waals surface area contributed by atoms with Gasteiger partial charge in [-0.2, -0.15) is 4.72 Å². The summed E-state index contributed by atoms with van der Waals surface area (Å²) in [7, 11) is -2.67. The molecule has 0 spiro atoms. The predicted octanol–water partition coefficient (Wildman–Crippen LogP) is -0.193. The average Bonchev–Trinajstić information content (AvgIpc) is 2.35. The van der Waals surface area contributed by atoms with Crippen LogP contribution < -0.4 is 9.46 Å². The van der Waals surface area contributed by atoms with Crippen LogP contribution in [-0.4, -0.2) is 43.9 Å². The average molecular weight is 289 g/mol. The zero-order valence-electron chi connectivity index (χ0n) is 10.4. The quantitative estimate of drug-likeness (QED) is 0.669. The number of hydrogen-bond acceptors (Lipinski definition) is 5. The molecule has 2 unspecified atom stereocenters. The highest BCUT2D eigenvalue weighted by Gasteiger charge is 2.29. The zero-order valence-corrected chi connectivity index (χ0v) is 11.2. The Morgan fingerprint density at radius 1 is 1.42 bits per heavy atom. The van der Waals surface area contributed by atoms with E-state index in [-0.39, 0.29) is 4.90 Å². The zero-order chi connectivity index (χ0) is 14.6. The van der Waals surface area contributed by atoms with Crippen molar-refractivity contribution in [3.63, 3.8) is 0 Å². The fraction of sp³-hybridized carbons (Fsp3) is 0.364. The topological polar surface area (TPSA) is 113 Å². The summed E-state index contributed by atoms with van der Waals surface area (Å²) in [4.78, 5) is 10.7. The first-order valence-corrected chi connectivity index (χ1v) is 6.83. The van der Waals surface area contributed by atoms with Crippen LogP contribution in [0.4, 0.5) is 0 Å². The summed E-state index contributed by atoms with van der Waals surface area (Å²) in [6.07, 6.45) is -1.36. The number of nitrogens with one attached hydrogen (secondary N) is 1. The lowest BCUT2D eigenvalue weighted by Crippen LogP contribution is -2.47. The first-order chi connectivity index (χ1) is 8.77. The molecule has 0 amide bonds. The highest BCUT2D eigenvalue weighted by molar-refractivity contribution is 7.89. The molecule has 106 valence electrons. The van der Waals surface area contributed by atoms with E-state index in [9.17, 15) is 18.3 Å². The van der Waals surface area contributed by atoms with E-state index in [4.69, 9.17) is 9.84 Å². The molecule has 19 heavy (non-hydrogen) atoms. The number of benzene rings is 1. The Labute approximate surface area is 110 Å². The van der Waals surface area contributed by atoms with Gasteiger partial charge < -0.3 is 14.9 Å². The van der Waals surface area contributed by atoms with E-state index in [2.05, 4.69) is 0 Å². The highest BCUT2D eigenvalue weighted by Crippen LogP contribution is 2.17. The fourth-order valence-electron chi connectivity index (χ4n) is 1.36. The van der Waals surface area contributed by atoms with Gasteiger partial charge in [0.1, 0.15) is 11.8 Å². The molecule has 8 heteroatoms. The normalized spacial score (nSPS) is 14.7. The van der Waals surface area contributed by atoms with E-state index in [0.717, 1.165) is 0 Å². The third kappa shape index (κ3) is 3.91. The molecule has 0 aliphatic rings. The lowest BCUT2D eigenvalue weighted by atomic mass is 10.2. The summed E-state index contributed by atoms with van der Waals surface area (Å²) in [5.74, 6) is -1.13. The van der Waals surface area contributed by atoms with Crippen LogP contribution in [0.3, 0.4) is 0 Å². The Morgan fingerprint density at radius 2 is 2.05 bits per heavy atom. The van der Waals surface area contributed by atoms with Crippen molar-refractivity contribution in [3.8, 4) is 5.75 Å². The number of hydrogen-bond donors (Lipinski definition) is 3. The maximum Gasteiger partial charge on any atom is 0.324 e. The molecule has 0 aromatic heterocycles. The minimum atomic E-state index is -4.05. The second kappa shape index (κ2) is 6.00. The van der Waals surface area contributed by atoms with Crippen molar-refractivity contribution in [2.75, 3.05) is 7.11 Å². The van der Waals surface area contributed by atoms with Crippen LogP contribution in [0.5, 0.6) is 5.75 Å². The second-order valence-electron chi connectivity index (χ2n) is 3.86. The molecule has 1 aromatic rings. The van der Waals surface area contributed by atoms with E-state index < -0.39 is 28.1 Å². The Kier molecular flexibility index (Phi) is 4.87.